The molecule has 0 aliphatic heterocycles. The Morgan fingerprint density at radius 2 is 1.95 bits per heavy atom. The van der Waals surface area contributed by atoms with Crippen molar-refractivity contribution in [3.05, 3.63) is 59.2 Å². The molecular weight excluding hydrogens is 250 g/mol. The topological polar surface area (TPSA) is 81.1 Å². The van der Waals surface area contributed by atoms with Crippen LogP contribution in [0.15, 0.2) is 42.5 Å². The lowest BCUT2D eigenvalue weighted by Gasteiger charge is -2.17. The summed E-state index contributed by atoms with van der Waals surface area (Å²) >= 11 is 0. The van der Waals surface area contributed by atoms with Gasteiger partial charge in [0.05, 0.1) is 0 Å². The van der Waals surface area contributed by atoms with Gasteiger partial charge in [0, 0.05) is 23.0 Å². The van der Waals surface area contributed by atoms with Gasteiger partial charge in [-0.05, 0) is 55.3 Å². The molecule has 0 saturated heterocycles. The highest BCUT2D eigenvalue weighted by Crippen LogP contribution is 2.22. The van der Waals surface area contributed by atoms with Crippen molar-refractivity contribution in [3.63, 3.8) is 0 Å². The molecule has 0 fully saturated rings. The number of hydrogen-bond donors (Lipinski definition) is 3. The van der Waals surface area contributed by atoms with E-state index in [1.165, 1.54) is 0 Å². The number of amides is 1. The van der Waals surface area contributed by atoms with Crippen molar-refractivity contribution < 1.29 is 4.79 Å². The molecule has 104 valence electrons. The van der Waals surface area contributed by atoms with Gasteiger partial charge in [0.25, 0.3) is 0 Å². The van der Waals surface area contributed by atoms with Gasteiger partial charge in [-0.2, -0.15) is 0 Å². The second-order valence-electron chi connectivity index (χ2n) is 4.93. The Hall–Kier alpha value is -2.49. The zero-order valence-corrected chi connectivity index (χ0v) is 11.7. The van der Waals surface area contributed by atoms with Crippen LogP contribution in [0.5, 0.6) is 0 Å². The van der Waals surface area contributed by atoms with Gasteiger partial charge in [-0.1, -0.05) is 12.1 Å². The van der Waals surface area contributed by atoms with E-state index in [2.05, 4.69) is 12.2 Å². The molecule has 0 spiro atoms. The first-order valence-electron chi connectivity index (χ1n) is 6.50. The average Bonchev–Trinajstić information content (AvgIpc) is 2.38. The van der Waals surface area contributed by atoms with Crippen LogP contribution < -0.4 is 16.8 Å². The van der Waals surface area contributed by atoms with E-state index in [1.54, 1.807) is 6.07 Å². The molecule has 1 unspecified atom stereocenters. The molecule has 4 nitrogen and oxygen atoms in total. The fourth-order valence-corrected chi connectivity index (χ4v) is 2.19. The zero-order valence-electron chi connectivity index (χ0n) is 11.7. The zero-order chi connectivity index (χ0) is 14.7. The molecule has 2 aromatic rings. The van der Waals surface area contributed by atoms with Gasteiger partial charge in [-0.25, -0.2) is 0 Å². The van der Waals surface area contributed by atoms with Crippen LogP contribution in [0.3, 0.4) is 0 Å². The first-order chi connectivity index (χ1) is 9.47. The Morgan fingerprint density at radius 3 is 2.55 bits per heavy atom. The van der Waals surface area contributed by atoms with Crippen molar-refractivity contribution in [2.45, 2.75) is 19.9 Å². The SMILES string of the molecule is Cc1cc(NC(C)c2cccc(N)c2)ccc1C(N)=O. The number of anilines is 2. The van der Waals surface area contributed by atoms with Crippen LogP contribution in [-0.2, 0) is 0 Å². The molecule has 2 aromatic carbocycles. The summed E-state index contributed by atoms with van der Waals surface area (Å²) in [4.78, 5) is 11.2. The molecular formula is C16H19N3O. The standard InChI is InChI=1S/C16H19N3O/c1-10-8-14(6-7-15(10)16(18)20)19-11(2)12-4-3-5-13(17)9-12/h3-9,11,19H,17H2,1-2H3,(H2,18,20). The molecule has 2 rings (SSSR count). The first-order valence-corrected chi connectivity index (χ1v) is 6.50. The Kier molecular flexibility index (Phi) is 3.94. The quantitative estimate of drug-likeness (QED) is 0.746. The van der Waals surface area contributed by atoms with Crippen LogP contribution in [-0.4, -0.2) is 5.91 Å². The Balaban J connectivity index is 2.18. The highest BCUT2D eigenvalue weighted by Gasteiger charge is 2.08. The van der Waals surface area contributed by atoms with Crippen LogP contribution in [0.25, 0.3) is 0 Å². The van der Waals surface area contributed by atoms with E-state index in [4.69, 9.17) is 11.5 Å². The van der Waals surface area contributed by atoms with Crippen molar-refractivity contribution in [2.75, 3.05) is 11.1 Å². The minimum Gasteiger partial charge on any atom is -0.399 e. The number of rotatable bonds is 4. The molecule has 20 heavy (non-hydrogen) atoms. The van der Waals surface area contributed by atoms with Gasteiger partial charge in [0.1, 0.15) is 0 Å². The fraction of sp³-hybridized carbons (Fsp3) is 0.188. The molecule has 5 N–H and O–H groups in total. The summed E-state index contributed by atoms with van der Waals surface area (Å²) < 4.78 is 0. The van der Waals surface area contributed by atoms with E-state index in [0.29, 0.717) is 5.56 Å². The van der Waals surface area contributed by atoms with E-state index in [9.17, 15) is 4.79 Å². The van der Waals surface area contributed by atoms with Gasteiger partial charge in [0.15, 0.2) is 0 Å². The normalized spacial score (nSPS) is 11.9. The summed E-state index contributed by atoms with van der Waals surface area (Å²) in [5, 5.41) is 3.38. The molecule has 0 bridgehead atoms. The minimum atomic E-state index is -0.405. The van der Waals surface area contributed by atoms with Gasteiger partial charge in [0.2, 0.25) is 5.91 Å². The maximum Gasteiger partial charge on any atom is 0.248 e. The van der Waals surface area contributed by atoms with Crippen LogP contribution in [0.4, 0.5) is 11.4 Å². The average molecular weight is 269 g/mol. The van der Waals surface area contributed by atoms with Crippen molar-refractivity contribution in [2.24, 2.45) is 5.73 Å². The predicted octanol–water partition coefficient (Wildman–Crippen LogP) is 2.85. The smallest absolute Gasteiger partial charge is 0.248 e. The molecule has 0 radical (unpaired) electrons. The largest absolute Gasteiger partial charge is 0.399 e. The Labute approximate surface area is 118 Å². The van der Waals surface area contributed by atoms with Gasteiger partial charge >= 0.3 is 0 Å². The number of primary amides is 1. The van der Waals surface area contributed by atoms with Crippen LogP contribution >= 0.6 is 0 Å². The third-order valence-corrected chi connectivity index (χ3v) is 3.29. The molecule has 0 heterocycles. The highest BCUT2D eigenvalue weighted by atomic mass is 16.1. The minimum absolute atomic E-state index is 0.123. The van der Waals surface area contributed by atoms with Gasteiger partial charge < -0.3 is 16.8 Å². The van der Waals surface area contributed by atoms with Crippen molar-refractivity contribution >= 4 is 17.3 Å². The second kappa shape index (κ2) is 5.65. The van der Waals surface area contributed by atoms with Crippen molar-refractivity contribution in [1.29, 1.82) is 0 Å². The van der Waals surface area contributed by atoms with Crippen molar-refractivity contribution in [3.8, 4) is 0 Å². The molecule has 1 amide bonds. The molecule has 0 aromatic heterocycles. The van der Waals surface area contributed by atoms with E-state index in [0.717, 1.165) is 22.5 Å². The lowest BCUT2D eigenvalue weighted by molar-refractivity contribution is 0.1000. The molecule has 4 heteroatoms. The van der Waals surface area contributed by atoms with Crippen LogP contribution in [0.1, 0.15) is 34.5 Å². The number of nitrogen functional groups attached to an aromatic ring is 1. The van der Waals surface area contributed by atoms with E-state index in [-0.39, 0.29) is 6.04 Å². The van der Waals surface area contributed by atoms with Crippen LogP contribution in [0.2, 0.25) is 0 Å². The highest BCUT2D eigenvalue weighted by molar-refractivity contribution is 5.94. The second-order valence-corrected chi connectivity index (χ2v) is 4.93. The van der Waals surface area contributed by atoms with Gasteiger partial charge in [-0.3, -0.25) is 4.79 Å². The van der Waals surface area contributed by atoms with Crippen molar-refractivity contribution in [1.82, 2.24) is 0 Å². The fourth-order valence-electron chi connectivity index (χ4n) is 2.19. The lowest BCUT2D eigenvalue weighted by Crippen LogP contribution is -2.13. The third-order valence-electron chi connectivity index (χ3n) is 3.29. The molecule has 0 saturated carbocycles. The molecule has 0 aliphatic rings. The number of nitrogens with one attached hydrogen (secondary N) is 1. The summed E-state index contributed by atoms with van der Waals surface area (Å²) in [7, 11) is 0. The van der Waals surface area contributed by atoms with E-state index >= 15 is 0 Å². The number of carbonyl (C=O) groups excluding carboxylic acids is 1. The molecule has 0 aliphatic carbocycles. The third kappa shape index (κ3) is 3.09. The number of carbonyl (C=O) groups is 1. The summed E-state index contributed by atoms with van der Waals surface area (Å²) in [6.45, 7) is 3.93. The van der Waals surface area contributed by atoms with Crippen LogP contribution in [0, 0.1) is 6.92 Å². The monoisotopic (exact) mass is 269 g/mol. The Morgan fingerprint density at radius 1 is 1.20 bits per heavy atom. The summed E-state index contributed by atoms with van der Waals surface area (Å²) in [6.07, 6.45) is 0. The summed E-state index contributed by atoms with van der Waals surface area (Å²) in [5.41, 5.74) is 15.3. The number of aryl methyl sites for hydroxylation is 1. The maximum absolute atomic E-state index is 11.2. The summed E-state index contributed by atoms with van der Waals surface area (Å²) in [6, 6.07) is 13.4. The van der Waals surface area contributed by atoms with E-state index < -0.39 is 5.91 Å². The first kappa shape index (κ1) is 13.9. The maximum atomic E-state index is 11.2. The predicted molar refractivity (Wildman–Crippen MR) is 82.6 cm³/mol. The number of hydrogen-bond acceptors (Lipinski definition) is 3. The van der Waals surface area contributed by atoms with Gasteiger partial charge in [-0.15, -0.1) is 0 Å². The number of nitrogens with two attached hydrogens (primary N) is 2. The lowest BCUT2D eigenvalue weighted by atomic mass is 10.1. The number of benzene rings is 2. The summed E-state index contributed by atoms with van der Waals surface area (Å²) in [5.74, 6) is -0.405. The molecule has 1 atom stereocenters. The Bertz CT molecular complexity index is 637. The van der Waals surface area contributed by atoms with E-state index in [1.807, 2.05) is 43.3 Å².